The maximum atomic E-state index is 5.98. The summed E-state index contributed by atoms with van der Waals surface area (Å²) in [4.78, 5) is 6.31. The number of pyridine rings is 1. The largest absolute Gasteiger partial charge is 0.320 e. The summed E-state index contributed by atoms with van der Waals surface area (Å²) in [6, 6.07) is 3.94. The highest BCUT2D eigenvalue weighted by Crippen LogP contribution is 2.13. The van der Waals surface area contributed by atoms with Gasteiger partial charge >= 0.3 is 0 Å². The first-order chi connectivity index (χ1) is 7.24. The molecule has 1 rings (SSSR count). The molecule has 0 aromatic carbocycles. The van der Waals surface area contributed by atoms with Crippen molar-refractivity contribution in [2.45, 2.75) is 13.0 Å². The third-order valence-electron chi connectivity index (χ3n) is 2.24. The van der Waals surface area contributed by atoms with Crippen LogP contribution in [0.1, 0.15) is 12.0 Å². The van der Waals surface area contributed by atoms with Gasteiger partial charge in [-0.25, -0.2) is 4.98 Å². The van der Waals surface area contributed by atoms with Gasteiger partial charge in [-0.15, -0.1) is 0 Å². The van der Waals surface area contributed by atoms with Crippen LogP contribution < -0.4 is 5.32 Å². The molecule has 84 valence electrons. The Balaban J connectivity index is 2.37. The molecule has 0 bridgehead atoms. The van der Waals surface area contributed by atoms with Crippen LogP contribution in [0.25, 0.3) is 0 Å². The average Bonchev–Trinajstić information content (AvgIpc) is 2.22. The van der Waals surface area contributed by atoms with E-state index in [0.29, 0.717) is 5.15 Å². The Morgan fingerprint density at radius 2 is 2.33 bits per heavy atom. The highest BCUT2D eigenvalue weighted by Gasteiger charge is 2.03. The van der Waals surface area contributed by atoms with Crippen molar-refractivity contribution in [2.75, 3.05) is 27.2 Å². The van der Waals surface area contributed by atoms with E-state index < -0.39 is 0 Å². The molecular formula is C11H18ClN3. The van der Waals surface area contributed by atoms with Gasteiger partial charge in [0.25, 0.3) is 0 Å². The third kappa shape index (κ3) is 4.60. The maximum Gasteiger partial charge on any atom is 0.133 e. The summed E-state index contributed by atoms with van der Waals surface area (Å²) in [6.45, 7) is 2.97. The molecule has 1 aromatic rings. The smallest absolute Gasteiger partial charge is 0.133 e. The summed E-state index contributed by atoms with van der Waals surface area (Å²) >= 11 is 5.98. The fourth-order valence-corrected chi connectivity index (χ4v) is 1.61. The number of halogens is 1. The predicted octanol–water partition coefficient (Wildman–Crippen LogP) is 1.78. The molecule has 0 atom stereocenters. The molecule has 1 N–H and O–H groups in total. The second kappa shape index (κ2) is 6.77. The lowest BCUT2D eigenvalue weighted by molar-refractivity contribution is 0.321. The van der Waals surface area contributed by atoms with Crippen LogP contribution in [-0.2, 0) is 6.54 Å². The molecule has 0 saturated heterocycles. The molecule has 3 nitrogen and oxygen atoms in total. The van der Waals surface area contributed by atoms with Crippen molar-refractivity contribution in [3.05, 3.63) is 29.0 Å². The number of aromatic nitrogens is 1. The predicted molar refractivity (Wildman–Crippen MR) is 64.1 cm³/mol. The van der Waals surface area contributed by atoms with E-state index in [2.05, 4.69) is 22.2 Å². The maximum absolute atomic E-state index is 5.98. The lowest BCUT2D eigenvalue weighted by Gasteiger charge is -2.16. The number of nitrogens with zero attached hydrogens (tertiary/aromatic N) is 2. The molecule has 15 heavy (non-hydrogen) atoms. The fraction of sp³-hybridized carbons (Fsp3) is 0.545. The van der Waals surface area contributed by atoms with Crippen LogP contribution in [-0.4, -0.2) is 37.1 Å². The first-order valence-electron chi connectivity index (χ1n) is 5.16. The summed E-state index contributed by atoms with van der Waals surface area (Å²) in [5.74, 6) is 0. The molecule has 0 unspecified atom stereocenters. The molecule has 0 aliphatic carbocycles. The van der Waals surface area contributed by atoms with Crippen molar-refractivity contribution >= 4 is 11.6 Å². The number of hydrogen-bond donors (Lipinski definition) is 1. The van der Waals surface area contributed by atoms with Crippen LogP contribution in [0.15, 0.2) is 18.3 Å². The molecule has 1 heterocycles. The Kier molecular flexibility index (Phi) is 5.61. The molecular weight excluding hydrogens is 210 g/mol. The van der Waals surface area contributed by atoms with Crippen molar-refractivity contribution in [1.82, 2.24) is 15.2 Å². The molecule has 0 aliphatic rings. The molecule has 0 saturated carbocycles. The number of nitrogens with one attached hydrogen (secondary N) is 1. The fourth-order valence-electron chi connectivity index (χ4n) is 1.43. The minimum absolute atomic E-state index is 0.609. The van der Waals surface area contributed by atoms with Gasteiger partial charge in [0, 0.05) is 18.3 Å². The summed E-state index contributed by atoms with van der Waals surface area (Å²) in [7, 11) is 4.07. The van der Waals surface area contributed by atoms with E-state index in [-0.39, 0.29) is 0 Å². The van der Waals surface area contributed by atoms with Gasteiger partial charge in [0.05, 0.1) is 0 Å². The van der Waals surface area contributed by atoms with Crippen LogP contribution in [0.3, 0.4) is 0 Å². The Bertz CT molecular complexity index is 291. The molecule has 1 aromatic heterocycles. The Morgan fingerprint density at radius 1 is 1.53 bits per heavy atom. The second-order valence-electron chi connectivity index (χ2n) is 3.65. The molecule has 0 aliphatic heterocycles. The number of rotatable bonds is 6. The van der Waals surface area contributed by atoms with Gasteiger partial charge in [-0.05, 0) is 39.7 Å². The normalized spacial score (nSPS) is 10.9. The Labute approximate surface area is 96.5 Å². The van der Waals surface area contributed by atoms with Crippen LogP contribution in [0.4, 0.5) is 0 Å². The van der Waals surface area contributed by atoms with Gasteiger partial charge in [-0.1, -0.05) is 17.7 Å². The first-order valence-corrected chi connectivity index (χ1v) is 5.54. The van der Waals surface area contributed by atoms with E-state index >= 15 is 0 Å². The average molecular weight is 228 g/mol. The standard InChI is InChI=1S/C11H18ClN3/c1-13-6-4-8-15(2)9-10-5-3-7-14-11(10)12/h3,5,7,13H,4,6,8-9H2,1-2H3. The summed E-state index contributed by atoms with van der Waals surface area (Å²) < 4.78 is 0. The van der Waals surface area contributed by atoms with E-state index in [1.807, 2.05) is 19.2 Å². The van der Waals surface area contributed by atoms with Gasteiger partial charge in [0.1, 0.15) is 5.15 Å². The van der Waals surface area contributed by atoms with Crippen molar-refractivity contribution < 1.29 is 0 Å². The van der Waals surface area contributed by atoms with Gasteiger partial charge in [-0.3, -0.25) is 0 Å². The van der Waals surface area contributed by atoms with Gasteiger partial charge in [0.15, 0.2) is 0 Å². The molecule has 0 amide bonds. The van der Waals surface area contributed by atoms with E-state index in [0.717, 1.165) is 31.6 Å². The van der Waals surface area contributed by atoms with Crippen LogP contribution in [0.5, 0.6) is 0 Å². The van der Waals surface area contributed by atoms with Crippen LogP contribution in [0, 0.1) is 0 Å². The van der Waals surface area contributed by atoms with Crippen LogP contribution in [0.2, 0.25) is 5.15 Å². The molecule has 0 spiro atoms. The Hall–Kier alpha value is -0.640. The van der Waals surface area contributed by atoms with Crippen molar-refractivity contribution in [1.29, 1.82) is 0 Å². The van der Waals surface area contributed by atoms with Crippen molar-refractivity contribution in [3.63, 3.8) is 0 Å². The van der Waals surface area contributed by atoms with Crippen LogP contribution >= 0.6 is 11.6 Å². The second-order valence-corrected chi connectivity index (χ2v) is 4.01. The van der Waals surface area contributed by atoms with E-state index in [9.17, 15) is 0 Å². The zero-order chi connectivity index (χ0) is 11.1. The van der Waals surface area contributed by atoms with E-state index in [1.165, 1.54) is 0 Å². The molecule has 0 fully saturated rings. The lowest BCUT2D eigenvalue weighted by Crippen LogP contribution is -2.22. The highest BCUT2D eigenvalue weighted by atomic mass is 35.5. The Morgan fingerprint density at radius 3 is 3.00 bits per heavy atom. The minimum Gasteiger partial charge on any atom is -0.320 e. The van der Waals surface area contributed by atoms with Crippen molar-refractivity contribution in [2.24, 2.45) is 0 Å². The van der Waals surface area contributed by atoms with Gasteiger partial charge in [0.2, 0.25) is 0 Å². The zero-order valence-electron chi connectivity index (χ0n) is 9.33. The van der Waals surface area contributed by atoms with Gasteiger partial charge < -0.3 is 10.2 Å². The van der Waals surface area contributed by atoms with Gasteiger partial charge in [-0.2, -0.15) is 0 Å². The van der Waals surface area contributed by atoms with Crippen molar-refractivity contribution in [3.8, 4) is 0 Å². The summed E-state index contributed by atoms with van der Waals surface area (Å²) in [5.41, 5.74) is 1.09. The highest BCUT2D eigenvalue weighted by molar-refractivity contribution is 6.30. The number of hydrogen-bond acceptors (Lipinski definition) is 3. The van der Waals surface area contributed by atoms with E-state index in [4.69, 9.17) is 11.6 Å². The quantitative estimate of drug-likeness (QED) is 0.593. The first kappa shape index (κ1) is 12.4. The monoisotopic (exact) mass is 227 g/mol. The summed E-state index contributed by atoms with van der Waals surface area (Å²) in [5, 5.41) is 3.74. The minimum atomic E-state index is 0.609. The zero-order valence-corrected chi connectivity index (χ0v) is 10.1. The SMILES string of the molecule is CNCCCN(C)Cc1cccnc1Cl. The molecule has 0 radical (unpaired) electrons. The topological polar surface area (TPSA) is 28.2 Å². The third-order valence-corrected chi connectivity index (χ3v) is 2.58. The van der Waals surface area contributed by atoms with E-state index in [1.54, 1.807) is 6.20 Å². The molecule has 4 heteroatoms. The lowest BCUT2D eigenvalue weighted by atomic mass is 10.2. The summed E-state index contributed by atoms with van der Waals surface area (Å²) in [6.07, 6.45) is 2.86.